The predicted octanol–water partition coefficient (Wildman–Crippen LogP) is 3.53. The maximum absolute atomic E-state index is 12.2. The Balaban J connectivity index is 2.35. The Morgan fingerprint density at radius 2 is 1.90 bits per heavy atom. The first kappa shape index (κ1) is 16.6. The van der Waals surface area contributed by atoms with Crippen LogP contribution in [-0.2, 0) is 4.74 Å². The number of ether oxygens (including phenoxy) is 2. The van der Waals surface area contributed by atoms with Gasteiger partial charge in [-0.1, -0.05) is 0 Å². The third-order valence-electron chi connectivity index (χ3n) is 3.59. The molecule has 1 fully saturated rings. The van der Waals surface area contributed by atoms with Crippen LogP contribution < -0.4 is 10.2 Å². The summed E-state index contributed by atoms with van der Waals surface area (Å²) in [6.45, 7) is 4.15. The van der Waals surface area contributed by atoms with Crippen LogP contribution in [0.2, 0.25) is 14.8 Å². The first-order valence-electron chi connectivity index (χ1n) is 7.23. The molecule has 1 unspecified atom stereocenters. The molecule has 1 aliphatic rings. The van der Waals surface area contributed by atoms with E-state index >= 15 is 0 Å². The normalized spacial score (nSPS) is 21.0. The van der Waals surface area contributed by atoms with E-state index in [0.29, 0.717) is 23.5 Å². The fourth-order valence-corrected chi connectivity index (χ4v) is 6.76. The van der Waals surface area contributed by atoms with Gasteiger partial charge in [0.1, 0.15) is 0 Å². The van der Waals surface area contributed by atoms with Crippen LogP contribution in [0.15, 0.2) is 18.9 Å². The Labute approximate surface area is 130 Å². The van der Waals surface area contributed by atoms with Crippen molar-refractivity contribution in [1.29, 1.82) is 0 Å². The molecule has 0 saturated carbocycles. The van der Waals surface area contributed by atoms with Gasteiger partial charge in [0.05, 0.1) is 0 Å². The van der Waals surface area contributed by atoms with Gasteiger partial charge in [-0.3, -0.25) is 0 Å². The number of hydrogen-bond donors (Lipinski definition) is 0. The zero-order chi connectivity index (χ0) is 15.8. The van der Waals surface area contributed by atoms with E-state index < -0.39 is 18.4 Å². The molecule has 0 N–H and O–H groups in total. The van der Waals surface area contributed by atoms with Crippen LogP contribution in [0.25, 0.3) is 0 Å². The van der Waals surface area contributed by atoms with E-state index in [4.69, 9.17) is 13.9 Å². The van der Waals surface area contributed by atoms with E-state index in [1.165, 1.54) is 12.7 Å². The molecule has 0 amide bonds. The molecule has 2 heterocycles. The topological polar surface area (TPSA) is 48.7 Å². The standard InChI is InChI=1S/C13H15O4.3CH3.Sn/c1-7-5-10(16-6-7)12-8(2)11(14)9(3)13(15-4)17-12;;;;/h1,10H,5-6H2,2-4H3;3*1H3;. The van der Waals surface area contributed by atoms with Gasteiger partial charge in [-0.05, 0) is 0 Å². The van der Waals surface area contributed by atoms with Gasteiger partial charge in [-0.25, -0.2) is 0 Å². The zero-order valence-electron chi connectivity index (χ0n) is 13.7. The van der Waals surface area contributed by atoms with Gasteiger partial charge in [-0.15, -0.1) is 0 Å². The van der Waals surface area contributed by atoms with Gasteiger partial charge in [-0.2, -0.15) is 0 Å². The maximum atomic E-state index is 12.2. The molecule has 0 aliphatic carbocycles. The molecule has 0 radical (unpaired) electrons. The van der Waals surface area contributed by atoms with Crippen LogP contribution in [0.3, 0.4) is 0 Å². The molecule has 1 aliphatic heterocycles. The van der Waals surface area contributed by atoms with Crippen molar-refractivity contribution in [3.63, 3.8) is 0 Å². The van der Waals surface area contributed by atoms with E-state index in [1.54, 1.807) is 13.8 Å². The summed E-state index contributed by atoms with van der Waals surface area (Å²) in [4.78, 5) is 19.3. The summed E-state index contributed by atoms with van der Waals surface area (Å²) in [7, 11) is 1.51. The summed E-state index contributed by atoms with van der Waals surface area (Å²) in [6.07, 6.45) is 0.636. The van der Waals surface area contributed by atoms with E-state index in [0.717, 1.165) is 6.42 Å². The molecular weight excluding hydrogens is 375 g/mol. The van der Waals surface area contributed by atoms with Crippen molar-refractivity contribution in [1.82, 2.24) is 0 Å². The van der Waals surface area contributed by atoms with Crippen molar-refractivity contribution in [2.75, 3.05) is 13.7 Å². The third kappa shape index (κ3) is 3.72. The zero-order valence-corrected chi connectivity index (χ0v) is 16.6. The monoisotopic (exact) mass is 400 g/mol. The van der Waals surface area contributed by atoms with Gasteiger partial charge in [0.25, 0.3) is 0 Å². The van der Waals surface area contributed by atoms with Crippen molar-refractivity contribution >= 4 is 18.4 Å². The van der Waals surface area contributed by atoms with Crippen molar-refractivity contribution in [3.8, 4) is 5.95 Å². The van der Waals surface area contributed by atoms with Crippen LogP contribution in [0, 0.1) is 13.8 Å². The molecule has 1 atom stereocenters. The third-order valence-corrected chi connectivity index (χ3v) is 7.23. The molecule has 5 heteroatoms. The number of rotatable bonds is 3. The molecular formula is C16H24O4Sn. The van der Waals surface area contributed by atoms with E-state index in [1.807, 2.05) is 0 Å². The molecule has 116 valence electrons. The van der Waals surface area contributed by atoms with Gasteiger partial charge in [0, 0.05) is 0 Å². The van der Waals surface area contributed by atoms with E-state index in [-0.39, 0.29) is 17.5 Å². The van der Waals surface area contributed by atoms with Crippen LogP contribution >= 0.6 is 0 Å². The Morgan fingerprint density at radius 3 is 2.48 bits per heavy atom. The Bertz CT molecular complexity index is 622. The summed E-state index contributed by atoms with van der Waals surface area (Å²) in [5.74, 6) is 0.895. The van der Waals surface area contributed by atoms with Crippen molar-refractivity contribution < 1.29 is 13.9 Å². The average molecular weight is 399 g/mol. The van der Waals surface area contributed by atoms with Gasteiger partial charge in [0.15, 0.2) is 0 Å². The van der Waals surface area contributed by atoms with Crippen molar-refractivity contribution in [2.45, 2.75) is 41.2 Å². The minimum absolute atomic E-state index is 0.0240. The summed E-state index contributed by atoms with van der Waals surface area (Å²) < 4.78 is 19.2. The predicted molar refractivity (Wildman–Crippen MR) is 85.7 cm³/mol. The Hall–Kier alpha value is -0.751. The van der Waals surface area contributed by atoms with Crippen LogP contribution in [-0.4, -0.2) is 32.1 Å². The first-order chi connectivity index (χ1) is 9.73. The van der Waals surface area contributed by atoms with Crippen LogP contribution in [0.4, 0.5) is 0 Å². The quantitative estimate of drug-likeness (QED) is 0.730. The van der Waals surface area contributed by atoms with Gasteiger partial charge in [0.2, 0.25) is 0 Å². The Morgan fingerprint density at radius 1 is 1.24 bits per heavy atom. The second kappa shape index (κ2) is 6.16. The van der Waals surface area contributed by atoms with Crippen LogP contribution in [0.1, 0.15) is 29.4 Å². The molecule has 2 rings (SSSR count). The SMILES string of the molecule is COc1oc(C2C/C(=[CH]/[Sn]([CH3])([CH3])[CH3])CO2)c(C)c(=O)c1C. The molecule has 4 nitrogen and oxygen atoms in total. The second-order valence-corrected chi connectivity index (χ2v) is 21.0. The summed E-state index contributed by atoms with van der Waals surface area (Å²) in [5, 5.41) is 0. The minimum atomic E-state index is -1.97. The van der Waals surface area contributed by atoms with E-state index in [9.17, 15) is 4.79 Å². The van der Waals surface area contributed by atoms with Gasteiger partial charge >= 0.3 is 130 Å². The summed E-state index contributed by atoms with van der Waals surface area (Å²) >= 11 is -1.97. The number of hydrogen-bond acceptors (Lipinski definition) is 4. The van der Waals surface area contributed by atoms with Crippen molar-refractivity contribution in [3.05, 3.63) is 36.8 Å². The fourth-order valence-electron chi connectivity index (χ4n) is 2.69. The second-order valence-electron chi connectivity index (χ2n) is 6.71. The molecule has 21 heavy (non-hydrogen) atoms. The molecule has 1 aromatic heterocycles. The fraction of sp³-hybridized carbons (Fsp3) is 0.562. The summed E-state index contributed by atoms with van der Waals surface area (Å²) in [5.41, 5.74) is 2.45. The van der Waals surface area contributed by atoms with E-state index in [2.05, 4.69) is 18.9 Å². The molecule has 0 bridgehead atoms. The molecule has 1 saturated heterocycles. The first-order valence-corrected chi connectivity index (χ1v) is 17.4. The Kier molecular flexibility index (Phi) is 4.88. The summed E-state index contributed by atoms with van der Waals surface area (Å²) in [6, 6.07) is 0. The van der Waals surface area contributed by atoms with Gasteiger partial charge < -0.3 is 0 Å². The van der Waals surface area contributed by atoms with Crippen molar-refractivity contribution in [2.24, 2.45) is 0 Å². The molecule has 1 aromatic rings. The van der Waals surface area contributed by atoms with Crippen LogP contribution in [0.5, 0.6) is 5.95 Å². The average Bonchev–Trinajstić information content (AvgIpc) is 2.82. The molecule has 0 spiro atoms. The number of methoxy groups -OCH3 is 1. The molecule has 0 aromatic carbocycles.